The zero-order valence-corrected chi connectivity index (χ0v) is 14.7. The number of anilines is 1. The van der Waals surface area contributed by atoms with Gasteiger partial charge in [-0.05, 0) is 38.8 Å². The Labute approximate surface area is 144 Å². The molecule has 6 heteroatoms. The molecule has 0 bridgehead atoms. The molecule has 1 unspecified atom stereocenters. The summed E-state index contributed by atoms with van der Waals surface area (Å²) in [7, 11) is 0. The maximum Gasteiger partial charge on any atom is 0.224 e. The first-order valence-electron chi connectivity index (χ1n) is 8.87. The second kappa shape index (κ2) is 9.25. The Balaban J connectivity index is 1.79. The van der Waals surface area contributed by atoms with E-state index in [-0.39, 0.29) is 17.7 Å². The molecule has 0 spiro atoms. The van der Waals surface area contributed by atoms with Crippen LogP contribution in [0.15, 0.2) is 24.4 Å². The SMILES string of the molecule is CCN(CC)C(=O)CCNC(=O)C1CCCN(c2ccccn2)C1. The van der Waals surface area contributed by atoms with Gasteiger partial charge in [-0.2, -0.15) is 0 Å². The number of aromatic nitrogens is 1. The van der Waals surface area contributed by atoms with E-state index in [1.807, 2.05) is 32.0 Å². The Hall–Kier alpha value is -2.11. The van der Waals surface area contributed by atoms with E-state index < -0.39 is 0 Å². The summed E-state index contributed by atoms with van der Waals surface area (Å²) in [5.74, 6) is 1.03. The molecule has 0 aliphatic carbocycles. The van der Waals surface area contributed by atoms with Crippen LogP contribution in [0, 0.1) is 5.92 Å². The van der Waals surface area contributed by atoms with Gasteiger partial charge in [0, 0.05) is 45.3 Å². The van der Waals surface area contributed by atoms with Gasteiger partial charge in [0.2, 0.25) is 11.8 Å². The van der Waals surface area contributed by atoms with Gasteiger partial charge in [0.15, 0.2) is 0 Å². The number of carbonyl (C=O) groups is 2. The van der Waals surface area contributed by atoms with Crippen LogP contribution in [0.4, 0.5) is 5.82 Å². The van der Waals surface area contributed by atoms with Crippen LogP contribution in [0.5, 0.6) is 0 Å². The number of pyridine rings is 1. The number of piperidine rings is 1. The molecular formula is C18H28N4O2. The van der Waals surface area contributed by atoms with Crippen LogP contribution in [-0.4, -0.2) is 54.4 Å². The number of hydrogen-bond acceptors (Lipinski definition) is 4. The third-order valence-corrected chi connectivity index (χ3v) is 4.52. The summed E-state index contributed by atoms with van der Waals surface area (Å²) >= 11 is 0. The van der Waals surface area contributed by atoms with Crippen molar-refractivity contribution in [2.45, 2.75) is 33.1 Å². The standard InChI is InChI=1S/C18H28N4O2/c1-3-21(4-2)17(23)10-12-20-18(24)15-8-7-13-22(14-15)16-9-5-6-11-19-16/h5-6,9,11,15H,3-4,7-8,10,12-14H2,1-2H3,(H,20,24). The molecule has 1 aliphatic rings. The van der Waals surface area contributed by atoms with Gasteiger partial charge in [0.25, 0.3) is 0 Å². The Morgan fingerprint density at radius 2 is 2.12 bits per heavy atom. The van der Waals surface area contributed by atoms with Crippen molar-refractivity contribution in [3.8, 4) is 0 Å². The minimum Gasteiger partial charge on any atom is -0.356 e. The molecule has 6 nitrogen and oxygen atoms in total. The van der Waals surface area contributed by atoms with Crippen molar-refractivity contribution >= 4 is 17.6 Å². The van der Waals surface area contributed by atoms with E-state index >= 15 is 0 Å². The number of amides is 2. The molecule has 0 saturated carbocycles. The van der Waals surface area contributed by atoms with Gasteiger partial charge in [-0.3, -0.25) is 9.59 Å². The predicted molar refractivity (Wildman–Crippen MR) is 94.7 cm³/mol. The smallest absolute Gasteiger partial charge is 0.224 e. The van der Waals surface area contributed by atoms with Crippen LogP contribution in [0.25, 0.3) is 0 Å². The largest absolute Gasteiger partial charge is 0.356 e. The lowest BCUT2D eigenvalue weighted by molar-refractivity contribution is -0.131. The molecule has 1 saturated heterocycles. The Morgan fingerprint density at radius 3 is 2.79 bits per heavy atom. The van der Waals surface area contributed by atoms with Crippen molar-refractivity contribution in [3.63, 3.8) is 0 Å². The first-order chi connectivity index (χ1) is 11.7. The summed E-state index contributed by atoms with van der Waals surface area (Å²) in [6.07, 6.45) is 4.01. The second-order valence-electron chi connectivity index (χ2n) is 6.08. The molecule has 2 rings (SSSR count). The third-order valence-electron chi connectivity index (χ3n) is 4.52. The Morgan fingerprint density at radius 1 is 1.33 bits per heavy atom. The quantitative estimate of drug-likeness (QED) is 0.825. The van der Waals surface area contributed by atoms with Crippen molar-refractivity contribution in [1.82, 2.24) is 15.2 Å². The molecule has 0 radical (unpaired) electrons. The molecule has 2 heterocycles. The van der Waals surface area contributed by atoms with Crippen LogP contribution < -0.4 is 10.2 Å². The lowest BCUT2D eigenvalue weighted by Gasteiger charge is -2.32. The van der Waals surface area contributed by atoms with E-state index in [0.29, 0.717) is 32.6 Å². The van der Waals surface area contributed by atoms with Gasteiger partial charge in [-0.25, -0.2) is 4.98 Å². The van der Waals surface area contributed by atoms with Crippen molar-refractivity contribution in [3.05, 3.63) is 24.4 Å². The van der Waals surface area contributed by atoms with Gasteiger partial charge in [-0.1, -0.05) is 6.07 Å². The fourth-order valence-corrected chi connectivity index (χ4v) is 3.11. The summed E-state index contributed by atoms with van der Waals surface area (Å²) in [5, 5.41) is 2.92. The van der Waals surface area contributed by atoms with Gasteiger partial charge in [-0.15, -0.1) is 0 Å². The lowest BCUT2D eigenvalue weighted by atomic mass is 9.97. The third kappa shape index (κ3) is 4.94. The van der Waals surface area contributed by atoms with Gasteiger partial charge in [0.1, 0.15) is 5.82 Å². The highest BCUT2D eigenvalue weighted by atomic mass is 16.2. The van der Waals surface area contributed by atoms with Gasteiger partial charge < -0.3 is 15.1 Å². The average molecular weight is 332 g/mol. The van der Waals surface area contributed by atoms with Crippen molar-refractivity contribution < 1.29 is 9.59 Å². The molecule has 1 aliphatic heterocycles. The number of carbonyl (C=O) groups excluding carboxylic acids is 2. The predicted octanol–water partition coefficient (Wildman–Crippen LogP) is 1.67. The topological polar surface area (TPSA) is 65.5 Å². The Kier molecular flexibility index (Phi) is 7.03. The molecule has 1 aromatic rings. The first-order valence-corrected chi connectivity index (χ1v) is 8.87. The van der Waals surface area contributed by atoms with Crippen molar-refractivity contribution in [2.24, 2.45) is 5.92 Å². The number of nitrogens with one attached hydrogen (secondary N) is 1. The van der Waals surface area contributed by atoms with E-state index in [0.717, 1.165) is 25.2 Å². The lowest BCUT2D eigenvalue weighted by Crippen LogP contribution is -2.44. The first kappa shape index (κ1) is 18.2. The fourth-order valence-electron chi connectivity index (χ4n) is 3.11. The zero-order chi connectivity index (χ0) is 17.4. The minimum absolute atomic E-state index is 0.0377. The van der Waals surface area contributed by atoms with Crippen molar-refractivity contribution in [2.75, 3.05) is 37.6 Å². The summed E-state index contributed by atoms with van der Waals surface area (Å²) in [6, 6.07) is 5.83. The zero-order valence-electron chi connectivity index (χ0n) is 14.7. The van der Waals surface area contributed by atoms with E-state index in [1.54, 1.807) is 11.1 Å². The molecular weight excluding hydrogens is 304 g/mol. The van der Waals surface area contributed by atoms with E-state index in [1.165, 1.54) is 0 Å². The van der Waals surface area contributed by atoms with Crippen LogP contribution >= 0.6 is 0 Å². The van der Waals surface area contributed by atoms with E-state index in [4.69, 9.17) is 0 Å². The number of hydrogen-bond donors (Lipinski definition) is 1. The molecule has 2 amide bonds. The van der Waals surface area contributed by atoms with Gasteiger partial charge in [0.05, 0.1) is 5.92 Å². The van der Waals surface area contributed by atoms with Crippen LogP contribution in [0.2, 0.25) is 0 Å². The molecule has 24 heavy (non-hydrogen) atoms. The molecule has 1 atom stereocenters. The summed E-state index contributed by atoms with van der Waals surface area (Å²) in [5.41, 5.74) is 0. The monoisotopic (exact) mass is 332 g/mol. The van der Waals surface area contributed by atoms with Crippen molar-refractivity contribution in [1.29, 1.82) is 0 Å². The van der Waals surface area contributed by atoms with Crippen LogP contribution in [-0.2, 0) is 9.59 Å². The van der Waals surface area contributed by atoms with Gasteiger partial charge >= 0.3 is 0 Å². The average Bonchev–Trinajstić information content (AvgIpc) is 2.63. The molecule has 132 valence electrons. The van der Waals surface area contributed by atoms with E-state index in [2.05, 4.69) is 15.2 Å². The maximum absolute atomic E-state index is 12.4. The van der Waals surface area contributed by atoms with Crippen LogP contribution in [0.1, 0.15) is 33.1 Å². The van der Waals surface area contributed by atoms with E-state index in [9.17, 15) is 9.59 Å². The maximum atomic E-state index is 12.4. The molecule has 0 aromatic carbocycles. The minimum atomic E-state index is -0.0377. The highest BCUT2D eigenvalue weighted by molar-refractivity contribution is 5.81. The van der Waals surface area contributed by atoms with Crippen LogP contribution in [0.3, 0.4) is 0 Å². The summed E-state index contributed by atoms with van der Waals surface area (Å²) in [6.45, 7) is 7.39. The highest BCUT2D eigenvalue weighted by Crippen LogP contribution is 2.21. The number of nitrogens with zero attached hydrogens (tertiary/aromatic N) is 3. The summed E-state index contributed by atoms with van der Waals surface area (Å²) in [4.78, 5) is 32.7. The second-order valence-corrected chi connectivity index (χ2v) is 6.08. The molecule has 1 aromatic heterocycles. The highest BCUT2D eigenvalue weighted by Gasteiger charge is 2.26. The number of rotatable bonds is 7. The fraction of sp³-hybridized carbons (Fsp3) is 0.611. The molecule has 1 fully saturated rings. The summed E-state index contributed by atoms with van der Waals surface area (Å²) < 4.78 is 0. The normalized spacial score (nSPS) is 17.4. The molecule has 1 N–H and O–H groups in total. The Bertz CT molecular complexity index is 531.